The van der Waals surface area contributed by atoms with E-state index < -0.39 is 0 Å². The Hall–Kier alpha value is -1.97. The lowest BCUT2D eigenvalue weighted by atomic mass is 10.0. The molecule has 1 aromatic carbocycles. The smallest absolute Gasteiger partial charge is 0.131 e. The zero-order valence-electron chi connectivity index (χ0n) is 11.5. The highest BCUT2D eigenvalue weighted by atomic mass is 16.5. The summed E-state index contributed by atoms with van der Waals surface area (Å²) in [5.74, 6) is 1.55. The Balaban J connectivity index is 2.73. The number of methoxy groups -OCH3 is 1. The monoisotopic (exact) mass is 245 g/mol. The molecule has 18 heavy (non-hydrogen) atoms. The van der Waals surface area contributed by atoms with Crippen molar-refractivity contribution in [1.29, 1.82) is 0 Å². The minimum absolute atomic E-state index is 0.686. The molecule has 0 bridgehead atoms. The van der Waals surface area contributed by atoms with Gasteiger partial charge in [-0.25, -0.2) is 0 Å². The van der Waals surface area contributed by atoms with E-state index in [0.29, 0.717) is 5.82 Å². The first-order valence-electron chi connectivity index (χ1n) is 5.90. The first-order valence-corrected chi connectivity index (χ1v) is 5.90. The average Bonchev–Trinajstić information content (AvgIpc) is 2.56. The van der Waals surface area contributed by atoms with Gasteiger partial charge in [-0.3, -0.25) is 4.68 Å². The van der Waals surface area contributed by atoms with Gasteiger partial charge < -0.3 is 10.5 Å². The predicted octanol–water partition coefficient (Wildman–Crippen LogP) is 2.60. The maximum absolute atomic E-state index is 5.97. The normalized spacial score (nSPS) is 10.7. The van der Waals surface area contributed by atoms with Gasteiger partial charge in [-0.05, 0) is 38.0 Å². The third-order valence-corrected chi connectivity index (χ3v) is 3.22. The van der Waals surface area contributed by atoms with Crippen molar-refractivity contribution in [3.05, 3.63) is 28.8 Å². The van der Waals surface area contributed by atoms with Crippen LogP contribution in [0.5, 0.6) is 5.75 Å². The van der Waals surface area contributed by atoms with Gasteiger partial charge in [0.25, 0.3) is 0 Å². The van der Waals surface area contributed by atoms with Crippen LogP contribution in [0.15, 0.2) is 12.1 Å². The third kappa shape index (κ3) is 1.83. The summed E-state index contributed by atoms with van der Waals surface area (Å²) >= 11 is 0. The van der Waals surface area contributed by atoms with E-state index in [4.69, 9.17) is 10.5 Å². The van der Waals surface area contributed by atoms with Gasteiger partial charge in [0.05, 0.1) is 7.11 Å². The van der Waals surface area contributed by atoms with Crippen LogP contribution in [0.2, 0.25) is 0 Å². The first kappa shape index (κ1) is 12.5. The molecule has 0 radical (unpaired) electrons. The van der Waals surface area contributed by atoms with Crippen molar-refractivity contribution in [2.24, 2.45) is 7.05 Å². The van der Waals surface area contributed by atoms with Crippen molar-refractivity contribution < 1.29 is 4.74 Å². The summed E-state index contributed by atoms with van der Waals surface area (Å²) in [6.07, 6.45) is 0. The van der Waals surface area contributed by atoms with Crippen LogP contribution in [0.1, 0.15) is 16.7 Å². The standard InChI is InChI=1S/C14H19N3O/c1-8-6-9(2)13(18-5)11(7-8)12-10(3)14(15)17(4)16-12/h6-7H,15H2,1-5H3. The topological polar surface area (TPSA) is 53.1 Å². The third-order valence-electron chi connectivity index (χ3n) is 3.22. The van der Waals surface area contributed by atoms with Gasteiger partial charge in [-0.15, -0.1) is 0 Å². The SMILES string of the molecule is COc1c(C)cc(C)cc1-c1nn(C)c(N)c1C. The van der Waals surface area contributed by atoms with E-state index in [1.165, 1.54) is 5.56 Å². The molecule has 2 N–H and O–H groups in total. The molecule has 1 heterocycles. The Morgan fingerprint density at radius 2 is 1.89 bits per heavy atom. The average molecular weight is 245 g/mol. The minimum atomic E-state index is 0.686. The number of aryl methyl sites for hydroxylation is 3. The molecule has 0 unspecified atom stereocenters. The van der Waals surface area contributed by atoms with Crippen LogP contribution in [-0.2, 0) is 7.05 Å². The summed E-state index contributed by atoms with van der Waals surface area (Å²) in [5.41, 5.74) is 11.1. The summed E-state index contributed by atoms with van der Waals surface area (Å²) in [6.45, 7) is 6.09. The lowest BCUT2D eigenvalue weighted by Crippen LogP contribution is -1.97. The molecule has 4 nitrogen and oxygen atoms in total. The van der Waals surface area contributed by atoms with E-state index >= 15 is 0 Å². The second kappa shape index (κ2) is 4.37. The fourth-order valence-electron chi connectivity index (χ4n) is 2.30. The summed E-state index contributed by atoms with van der Waals surface area (Å²) in [6, 6.07) is 4.19. The molecule has 2 rings (SSSR count). The van der Waals surface area contributed by atoms with E-state index in [2.05, 4.69) is 24.2 Å². The number of nitrogens with zero attached hydrogens (tertiary/aromatic N) is 2. The van der Waals surface area contributed by atoms with E-state index in [9.17, 15) is 0 Å². The maximum atomic E-state index is 5.97. The molecule has 2 aromatic rings. The van der Waals surface area contributed by atoms with Crippen LogP contribution >= 0.6 is 0 Å². The second-order valence-corrected chi connectivity index (χ2v) is 4.65. The maximum Gasteiger partial charge on any atom is 0.131 e. The molecule has 0 spiro atoms. The molecular formula is C14H19N3O. The molecular weight excluding hydrogens is 226 g/mol. The van der Waals surface area contributed by atoms with Crippen molar-refractivity contribution in [3.8, 4) is 17.0 Å². The van der Waals surface area contributed by atoms with E-state index in [0.717, 1.165) is 28.1 Å². The van der Waals surface area contributed by atoms with Crippen molar-refractivity contribution in [2.45, 2.75) is 20.8 Å². The molecule has 0 amide bonds. The number of rotatable bonds is 2. The van der Waals surface area contributed by atoms with Crippen LogP contribution < -0.4 is 10.5 Å². The highest BCUT2D eigenvalue weighted by Crippen LogP contribution is 2.36. The lowest BCUT2D eigenvalue weighted by Gasteiger charge is -2.11. The fraction of sp³-hybridized carbons (Fsp3) is 0.357. The number of nitrogen functional groups attached to an aromatic ring is 1. The molecule has 0 aliphatic heterocycles. The first-order chi connectivity index (χ1) is 8.45. The molecule has 0 atom stereocenters. The van der Waals surface area contributed by atoms with Gasteiger partial charge in [0.1, 0.15) is 17.3 Å². The van der Waals surface area contributed by atoms with E-state index in [-0.39, 0.29) is 0 Å². The lowest BCUT2D eigenvalue weighted by molar-refractivity contribution is 0.413. The number of aromatic nitrogens is 2. The van der Waals surface area contributed by atoms with Crippen molar-refractivity contribution in [1.82, 2.24) is 9.78 Å². The van der Waals surface area contributed by atoms with Gasteiger partial charge in [0, 0.05) is 18.2 Å². The molecule has 4 heteroatoms. The largest absolute Gasteiger partial charge is 0.496 e. The molecule has 0 saturated carbocycles. The molecule has 0 aliphatic carbocycles. The number of ether oxygens (including phenoxy) is 1. The number of nitrogens with two attached hydrogens (primary N) is 1. The Morgan fingerprint density at radius 1 is 1.22 bits per heavy atom. The van der Waals surface area contributed by atoms with Crippen LogP contribution in [0.3, 0.4) is 0 Å². The summed E-state index contributed by atoms with van der Waals surface area (Å²) in [4.78, 5) is 0. The van der Waals surface area contributed by atoms with Crippen LogP contribution in [0.4, 0.5) is 5.82 Å². The highest BCUT2D eigenvalue weighted by molar-refractivity contribution is 5.75. The molecule has 0 aliphatic rings. The summed E-state index contributed by atoms with van der Waals surface area (Å²) < 4.78 is 7.20. The molecule has 0 saturated heterocycles. The van der Waals surface area contributed by atoms with Crippen LogP contribution in [-0.4, -0.2) is 16.9 Å². The van der Waals surface area contributed by atoms with E-state index in [1.54, 1.807) is 11.8 Å². The Kier molecular flexibility index (Phi) is 3.03. The van der Waals surface area contributed by atoms with Crippen LogP contribution in [0.25, 0.3) is 11.3 Å². The van der Waals surface area contributed by atoms with Crippen molar-refractivity contribution >= 4 is 5.82 Å². The zero-order chi connectivity index (χ0) is 13.4. The van der Waals surface area contributed by atoms with Crippen molar-refractivity contribution in [2.75, 3.05) is 12.8 Å². The number of hydrogen-bond donors (Lipinski definition) is 1. The minimum Gasteiger partial charge on any atom is -0.496 e. The number of anilines is 1. The Morgan fingerprint density at radius 3 is 2.39 bits per heavy atom. The van der Waals surface area contributed by atoms with Gasteiger partial charge in [-0.2, -0.15) is 5.10 Å². The van der Waals surface area contributed by atoms with Gasteiger partial charge >= 0.3 is 0 Å². The van der Waals surface area contributed by atoms with E-state index in [1.807, 2.05) is 20.9 Å². The van der Waals surface area contributed by atoms with Gasteiger partial charge in [0.2, 0.25) is 0 Å². The van der Waals surface area contributed by atoms with Gasteiger partial charge in [0.15, 0.2) is 0 Å². The Labute approximate surface area is 107 Å². The quantitative estimate of drug-likeness (QED) is 0.884. The molecule has 0 fully saturated rings. The van der Waals surface area contributed by atoms with Crippen molar-refractivity contribution in [3.63, 3.8) is 0 Å². The molecule has 1 aromatic heterocycles. The zero-order valence-corrected chi connectivity index (χ0v) is 11.5. The number of benzene rings is 1. The summed E-state index contributed by atoms with van der Waals surface area (Å²) in [5, 5.41) is 4.48. The highest BCUT2D eigenvalue weighted by Gasteiger charge is 2.17. The van der Waals surface area contributed by atoms with Gasteiger partial charge in [-0.1, -0.05) is 6.07 Å². The Bertz CT molecular complexity index is 600. The second-order valence-electron chi connectivity index (χ2n) is 4.65. The predicted molar refractivity (Wildman–Crippen MR) is 73.8 cm³/mol. The number of hydrogen-bond acceptors (Lipinski definition) is 3. The fourth-order valence-corrected chi connectivity index (χ4v) is 2.30. The van der Waals surface area contributed by atoms with Crippen LogP contribution in [0, 0.1) is 20.8 Å². The summed E-state index contributed by atoms with van der Waals surface area (Å²) in [7, 11) is 3.53. The molecule has 96 valence electrons.